The second-order valence-corrected chi connectivity index (χ2v) is 9.79. The summed E-state index contributed by atoms with van der Waals surface area (Å²) in [6, 6.07) is 15.2. The first-order valence-electron chi connectivity index (χ1n) is 11.2. The maximum atomic E-state index is 12.4. The topological polar surface area (TPSA) is 83.1 Å². The molecule has 2 saturated heterocycles. The predicted octanol–water partition coefficient (Wildman–Crippen LogP) is 3.03. The zero-order chi connectivity index (χ0) is 24.6. The number of carbonyl (C=O) groups excluding carboxylic acids is 2. The Morgan fingerprint density at radius 3 is 1.34 bits per heavy atom. The normalized spacial score (nSPS) is 15.9. The van der Waals surface area contributed by atoms with E-state index in [1.807, 2.05) is 58.3 Å². The lowest BCUT2D eigenvalue weighted by Crippen LogP contribution is -2.44. The van der Waals surface area contributed by atoms with Crippen molar-refractivity contribution in [2.24, 2.45) is 0 Å². The number of anilines is 2. The molecule has 2 amide bonds. The van der Waals surface area contributed by atoms with E-state index in [4.69, 9.17) is 33.9 Å². The zero-order valence-electron chi connectivity index (χ0n) is 19.0. The van der Waals surface area contributed by atoms with Crippen LogP contribution in [-0.2, 0) is 19.1 Å². The van der Waals surface area contributed by atoms with Gasteiger partial charge in [0.05, 0.1) is 26.4 Å². The largest absolute Gasteiger partial charge is 0.378 e. The Hall–Kier alpha value is -2.57. The minimum Gasteiger partial charge on any atom is -0.378 e. The highest BCUT2D eigenvalue weighted by molar-refractivity contribution is 7.99. The average Bonchev–Trinajstić information content (AvgIpc) is 2.91. The van der Waals surface area contributed by atoms with Crippen LogP contribution in [0.5, 0.6) is 0 Å². The van der Waals surface area contributed by atoms with E-state index in [0.29, 0.717) is 64.0 Å². The molecular weight excluding hydrogens is 504 g/mol. The molecule has 11 heteroatoms. The number of carbonyl (C=O) groups is 2. The van der Waals surface area contributed by atoms with Crippen molar-refractivity contribution in [2.45, 2.75) is 9.79 Å². The summed E-state index contributed by atoms with van der Waals surface area (Å²) in [6.45, 7) is 4.83. The van der Waals surface area contributed by atoms with Gasteiger partial charge in [0.1, 0.15) is 0 Å². The number of ether oxygens (including phenoxy) is 2. The maximum absolute atomic E-state index is 12.4. The molecule has 2 aromatic carbocycles. The summed E-state index contributed by atoms with van der Waals surface area (Å²) in [5, 5.41) is 5.71. The van der Waals surface area contributed by atoms with Crippen molar-refractivity contribution in [2.75, 3.05) is 63.2 Å². The van der Waals surface area contributed by atoms with Gasteiger partial charge in [0, 0.05) is 47.3 Å². The van der Waals surface area contributed by atoms with Crippen molar-refractivity contribution >= 4 is 69.4 Å². The summed E-state index contributed by atoms with van der Waals surface area (Å²) in [4.78, 5) is 31.2. The smallest absolute Gasteiger partial charge is 0.283 e. The minimum absolute atomic E-state index is 0.282. The van der Waals surface area contributed by atoms with Crippen LogP contribution in [0, 0.1) is 0 Å². The van der Waals surface area contributed by atoms with Crippen LogP contribution >= 0.6 is 36.2 Å². The maximum Gasteiger partial charge on any atom is 0.283 e. The monoisotopic (exact) mass is 530 g/mol. The molecule has 2 N–H and O–H groups in total. The Labute approximate surface area is 219 Å². The summed E-state index contributed by atoms with van der Waals surface area (Å²) < 4.78 is 10.6. The first-order chi connectivity index (χ1) is 17.0. The average molecular weight is 531 g/mol. The van der Waals surface area contributed by atoms with E-state index in [2.05, 4.69) is 10.6 Å². The molecule has 8 nitrogen and oxygen atoms in total. The summed E-state index contributed by atoms with van der Waals surface area (Å²) in [5.74, 6) is -0.568. The van der Waals surface area contributed by atoms with Crippen molar-refractivity contribution in [3.05, 3.63) is 48.5 Å². The number of rotatable bonds is 4. The summed E-state index contributed by atoms with van der Waals surface area (Å²) >= 11 is 12.2. The lowest BCUT2D eigenvalue weighted by Gasteiger charge is -2.28. The van der Waals surface area contributed by atoms with Crippen LogP contribution in [0.25, 0.3) is 0 Å². The fourth-order valence-electron chi connectivity index (χ4n) is 3.54. The second-order valence-electron chi connectivity index (χ2n) is 7.87. The third kappa shape index (κ3) is 7.21. The number of nitrogens with zero attached hydrogens (tertiary/aromatic N) is 2. The Balaban J connectivity index is 1.27. The molecule has 0 aliphatic carbocycles. The molecule has 0 aromatic heterocycles. The van der Waals surface area contributed by atoms with E-state index in [-0.39, 0.29) is 21.8 Å². The van der Waals surface area contributed by atoms with Gasteiger partial charge in [-0.2, -0.15) is 0 Å². The molecule has 4 rings (SSSR count). The highest BCUT2D eigenvalue weighted by atomic mass is 32.2. The molecule has 2 fully saturated rings. The van der Waals surface area contributed by atoms with Gasteiger partial charge in [-0.25, -0.2) is 0 Å². The fraction of sp³-hybridized carbons (Fsp3) is 0.333. The number of nitrogens with one attached hydrogen (secondary N) is 2. The number of hydrogen-bond acceptors (Lipinski definition) is 7. The van der Waals surface area contributed by atoms with Gasteiger partial charge in [0.25, 0.3) is 11.8 Å². The molecule has 0 bridgehead atoms. The molecule has 184 valence electrons. The molecular formula is C24H26N4O4S3. The van der Waals surface area contributed by atoms with E-state index in [9.17, 15) is 9.59 Å². The van der Waals surface area contributed by atoms with E-state index in [1.165, 1.54) is 0 Å². The van der Waals surface area contributed by atoms with Crippen LogP contribution in [0.1, 0.15) is 0 Å². The van der Waals surface area contributed by atoms with Crippen molar-refractivity contribution < 1.29 is 19.1 Å². The van der Waals surface area contributed by atoms with Gasteiger partial charge in [-0.1, -0.05) is 36.2 Å². The molecule has 0 atom stereocenters. The van der Waals surface area contributed by atoms with Crippen molar-refractivity contribution in [1.29, 1.82) is 0 Å². The number of morpholine rings is 2. The summed E-state index contributed by atoms with van der Waals surface area (Å²) in [5.41, 5.74) is 1.37. The lowest BCUT2D eigenvalue weighted by molar-refractivity contribution is -0.111. The quantitative estimate of drug-likeness (QED) is 0.580. The molecule has 0 spiro atoms. The van der Waals surface area contributed by atoms with Gasteiger partial charge in [0.2, 0.25) is 0 Å². The number of amides is 2. The van der Waals surface area contributed by atoms with Crippen LogP contribution in [0.4, 0.5) is 11.4 Å². The molecule has 35 heavy (non-hydrogen) atoms. The van der Waals surface area contributed by atoms with Crippen molar-refractivity contribution in [3.63, 3.8) is 0 Å². The number of hydrogen-bond donors (Lipinski definition) is 2. The van der Waals surface area contributed by atoms with Gasteiger partial charge in [0.15, 0.2) is 9.98 Å². The van der Waals surface area contributed by atoms with Crippen LogP contribution in [0.3, 0.4) is 0 Å². The van der Waals surface area contributed by atoms with Gasteiger partial charge >= 0.3 is 0 Å². The summed E-state index contributed by atoms with van der Waals surface area (Å²) in [6.07, 6.45) is 0. The molecule has 0 unspecified atom stereocenters. The fourth-order valence-corrected chi connectivity index (χ4v) is 4.82. The molecule has 2 aliphatic rings. The molecule has 0 saturated carbocycles. The van der Waals surface area contributed by atoms with Gasteiger partial charge in [-0.3, -0.25) is 9.59 Å². The minimum atomic E-state index is -0.284. The Morgan fingerprint density at radius 2 is 1.00 bits per heavy atom. The third-order valence-electron chi connectivity index (χ3n) is 5.45. The van der Waals surface area contributed by atoms with Crippen molar-refractivity contribution in [3.8, 4) is 0 Å². The van der Waals surface area contributed by atoms with E-state index >= 15 is 0 Å². The van der Waals surface area contributed by atoms with Gasteiger partial charge in [-0.15, -0.1) is 0 Å². The predicted molar refractivity (Wildman–Crippen MR) is 144 cm³/mol. The standard InChI is InChI=1S/C24H26N4O4S3/c29-21(23(33)27-9-13-31-14-10-27)25-17-1-5-19(6-2-17)35-20-7-3-18(4-8-20)26-22(30)24(34)28-11-15-32-16-12-28/h1-8H,9-16H2,(H,25,29)(H,26,30). The highest BCUT2D eigenvalue weighted by Crippen LogP contribution is 2.29. The van der Waals surface area contributed by atoms with Crippen LogP contribution in [-0.4, -0.2) is 84.2 Å². The second kappa shape index (κ2) is 12.4. The van der Waals surface area contributed by atoms with E-state index in [0.717, 1.165) is 9.79 Å². The highest BCUT2D eigenvalue weighted by Gasteiger charge is 2.21. The lowest BCUT2D eigenvalue weighted by atomic mass is 10.3. The van der Waals surface area contributed by atoms with Gasteiger partial charge < -0.3 is 29.9 Å². The number of thiocarbonyl (C=S) groups is 2. The van der Waals surface area contributed by atoms with Crippen LogP contribution in [0.2, 0.25) is 0 Å². The third-order valence-corrected chi connectivity index (χ3v) is 7.35. The Morgan fingerprint density at radius 1 is 0.657 bits per heavy atom. The number of benzene rings is 2. The molecule has 2 aliphatic heterocycles. The van der Waals surface area contributed by atoms with E-state index in [1.54, 1.807) is 11.8 Å². The first-order valence-corrected chi connectivity index (χ1v) is 12.9. The van der Waals surface area contributed by atoms with Crippen LogP contribution in [0.15, 0.2) is 58.3 Å². The molecule has 2 heterocycles. The SMILES string of the molecule is O=C(Nc1ccc(Sc2ccc(NC(=O)C(=S)N3CCOCC3)cc2)cc1)C(=S)N1CCOCC1. The summed E-state index contributed by atoms with van der Waals surface area (Å²) in [7, 11) is 0. The first kappa shape index (κ1) is 25.5. The molecule has 0 radical (unpaired) electrons. The van der Waals surface area contributed by atoms with Gasteiger partial charge in [-0.05, 0) is 48.5 Å². The zero-order valence-corrected chi connectivity index (χ0v) is 21.5. The Bertz CT molecular complexity index is 982. The Kier molecular flexibility index (Phi) is 9.05. The van der Waals surface area contributed by atoms with E-state index < -0.39 is 0 Å². The van der Waals surface area contributed by atoms with Crippen molar-refractivity contribution in [1.82, 2.24) is 9.80 Å². The molecule has 2 aromatic rings. The van der Waals surface area contributed by atoms with Crippen LogP contribution < -0.4 is 10.6 Å².